The minimum absolute atomic E-state index is 0.104. The van der Waals surface area contributed by atoms with E-state index in [1.54, 1.807) is 18.5 Å². The maximum atomic E-state index is 14.6. The lowest BCUT2D eigenvalue weighted by molar-refractivity contribution is -0.142. The van der Waals surface area contributed by atoms with Crippen molar-refractivity contribution >= 4 is 39.5 Å². The van der Waals surface area contributed by atoms with Gasteiger partial charge >= 0.3 is 0 Å². The third-order valence-electron chi connectivity index (χ3n) is 6.93. The molecule has 2 aliphatic heterocycles. The summed E-state index contributed by atoms with van der Waals surface area (Å²) in [7, 11) is -4.31. The van der Waals surface area contributed by atoms with Crippen molar-refractivity contribution in [2.24, 2.45) is 11.8 Å². The molecule has 0 aliphatic carbocycles. The van der Waals surface area contributed by atoms with E-state index in [4.69, 9.17) is 20.9 Å². The lowest BCUT2D eigenvalue weighted by Crippen LogP contribution is -2.56. The average molecular weight is 584 g/mol. The van der Waals surface area contributed by atoms with E-state index in [-0.39, 0.29) is 31.0 Å². The number of halogens is 2. The molecule has 1 aromatic carbocycles. The average Bonchev–Trinajstić information content (AvgIpc) is 2.86. The number of hydrogen-bond acceptors (Lipinski definition) is 8. The van der Waals surface area contributed by atoms with Gasteiger partial charge in [0, 0.05) is 32.2 Å². The number of benzene rings is 1. The molecule has 4 rings (SSSR count). The van der Waals surface area contributed by atoms with Crippen molar-refractivity contribution in [3.63, 3.8) is 0 Å². The lowest BCUT2D eigenvalue weighted by atomic mass is 9.92. The van der Waals surface area contributed by atoms with Crippen LogP contribution in [0.5, 0.6) is 5.75 Å². The highest BCUT2D eigenvalue weighted by Gasteiger charge is 2.36. The van der Waals surface area contributed by atoms with Crippen LogP contribution in [0, 0.1) is 17.7 Å². The van der Waals surface area contributed by atoms with Gasteiger partial charge in [0.25, 0.3) is 10.1 Å². The summed E-state index contributed by atoms with van der Waals surface area (Å²) in [5, 5.41) is 2.62. The van der Waals surface area contributed by atoms with Crippen LogP contribution in [0.2, 0.25) is 5.02 Å². The predicted octanol–water partition coefficient (Wildman–Crippen LogP) is 2.31. The molecule has 39 heavy (non-hydrogen) atoms. The van der Waals surface area contributed by atoms with Crippen LogP contribution in [0.15, 0.2) is 30.6 Å². The Bertz CT molecular complexity index is 1270. The Morgan fingerprint density at radius 2 is 1.87 bits per heavy atom. The van der Waals surface area contributed by atoms with Gasteiger partial charge in [-0.15, -0.1) is 0 Å². The van der Waals surface area contributed by atoms with Gasteiger partial charge in [0.15, 0.2) is 0 Å². The number of hydrogen-bond donors (Lipinski definition) is 2. The lowest BCUT2D eigenvalue weighted by Gasteiger charge is -2.38. The van der Waals surface area contributed by atoms with Gasteiger partial charge in [0.05, 0.1) is 36.4 Å². The Morgan fingerprint density at radius 3 is 2.51 bits per heavy atom. The van der Waals surface area contributed by atoms with Crippen LogP contribution in [0.25, 0.3) is 0 Å². The molecule has 2 saturated heterocycles. The van der Waals surface area contributed by atoms with Crippen LogP contribution in [-0.2, 0) is 26.1 Å². The maximum absolute atomic E-state index is 14.6. The number of nitrogens with zero attached hydrogens (tertiary/aromatic N) is 4. The summed E-state index contributed by atoms with van der Waals surface area (Å²) in [6.07, 6.45) is 6.97. The molecule has 0 atom stereocenters. The summed E-state index contributed by atoms with van der Waals surface area (Å²) in [6.45, 7) is 2.45. The fourth-order valence-electron chi connectivity index (χ4n) is 4.64. The van der Waals surface area contributed by atoms with Gasteiger partial charge in [-0.2, -0.15) is 8.42 Å². The topological polar surface area (TPSA) is 142 Å². The molecular formula is C25H31ClFN5O6S. The second-order valence-electron chi connectivity index (χ2n) is 9.82. The number of nitrogens with one attached hydrogen (secondary N) is 1. The Kier molecular flexibility index (Phi) is 9.57. The van der Waals surface area contributed by atoms with Crippen molar-refractivity contribution in [1.29, 1.82) is 0 Å². The van der Waals surface area contributed by atoms with Gasteiger partial charge < -0.3 is 19.9 Å². The number of anilines is 1. The van der Waals surface area contributed by atoms with E-state index in [0.717, 1.165) is 38.8 Å². The fourth-order valence-corrected chi connectivity index (χ4v) is 5.07. The summed E-state index contributed by atoms with van der Waals surface area (Å²) < 4.78 is 50.4. The third kappa shape index (κ3) is 8.48. The zero-order valence-electron chi connectivity index (χ0n) is 21.3. The first kappa shape index (κ1) is 29.0. The number of aromatic nitrogens is 2. The minimum atomic E-state index is -4.31. The van der Waals surface area contributed by atoms with Crippen LogP contribution in [0.3, 0.4) is 0 Å². The molecule has 2 fully saturated rings. The number of rotatable bonds is 11. The smallest absolute Gasteiger partial charge is 0.283 e. The molecular weight excluding hydrogens is 553 g/mol. The van der Waals surface area contributed by atoms with Crippen LogP contribution in [-0.4, -0.2) is 78.3 Å². The largest absolute Gasteiger partial charge is 0.493 e. The van der Waals surface area contributed by atoms with Gasteiger partial charge in [-0.1, -0.05) is 17.7 Å². The highest BCUT2D eigenvalue weighted by molar-refractivity contribution is 7.85. The van der Waals surface area contributed by atoms with Crippen molar-refractivity contribution in [3.8, 4) is 5.75 Å². The van der Waals surface area contributed by atoms with E-state index in [1.807, 2.05) is 0 Å². The summed E-state index contributed by atoms with van der Waals surface area (Å²) in [5.41, 5.74) is 0.225. The SMILES string of the molecule is O=C(NCS(=O)(=O)O)C1CN(C(=O)Cc2ccc(OCCCC3CCN(c4ncc(Cl)cn4)CC3)cc2F)C1. The normalized spacial score (nSPS) is 16.6. The second-order valence-corrected chi connectivity index (χ2v) is 11.7. The quantitative estimate of drug-likeness (QED) is 0.301. The molecule has 0 saturated carbocycles. The van der Waals surface area contributed by atoms with E-state index in [9.17, 15) is 22.4 Å². The number of likely N-dealkylation sites (tertiary alicyclic amines) is 1. The molecule has 2 N–H and O–H groups in total. The van der Waals surface area contributed by atoms with Crippen LogP contribution in [0.1, 0.15) is 31.2 Å². The standard InChI is InChI=1S/C25H31ClFN5O6S/c26-20-12-28-25(29-13-20)31-7-5-17(6-8-31)2-1-9-38-21-4-3-18(22(27)11-21)10-23(33)32-14-19(15-32)24(34)30-16-39(35,36)37/h3-4,11-13,17,19H,1-2,5-10,14-16H2,(H,30,34)(H,35,36,37). The van der Waals surface area contributed by atoms with Crippen molar-refractivity contribution in [2.75, 3.05) is 43.6 Å². The molecule has 2 aliphatic rings. The third-order valence-corrected chi connectivity index (χ3v) is 7.63. The minimum Gasteiger partial charge on any atom is -0.493 e. The van der Waals surface area contributed by atoms with E-state index in [0.29, 0.717) is 29.2 Å². The number of piperidine rings is 1. The molecule has 2 aromatic rings. The Balaban J connectivity index is 1.13. The molecule has 212 valence electrons. The Hall–Kier alpha value is -3.03. The zero-order valence-corrected chi connectivity index (χ0v) is 22.8. The Labute approximate surface area is 231 Å². The molecule has 0 spiro atoms. The van der Waals surface area contributed by atoms with E-state index < -0.39 is 33.6 Å². The van der Waals surface area contributed by atoms with Gasteiger partial charge in [-0.25, -0.2) is 14.4 Å². The monoisotopic (exact) mass is 583 g/mol. The molecule has 1 aromatic heterocycles. The number of carbonyl (C=O) groups is 2. The van der Waals surface area contributed by atoms with Crippen molar-refractivity contribution in [2.45, 2.75) is 32.1 Å². The van der Waals surface area contributed by atoms with Crippen LogP contribution >= 0.6 is 11.6 Å². The summed E-state index contributed by atoms with van der Waals surface area (Å²) in [6, 6.07) is 4.43. The maximum Gasteiger partial charge on any atom is 0.283 e. The van der Waals surface area contributed by atoms with E-state index in [1.165, 1.54) is 17.0 Å². The summed E-state index contributed by atoms with van der Waals surface area (Å²) in [4.78, 5) is 36.4. The molecule has 11 nitrogen and oxygen atoms in total. The van der Waals surface area contributed by atoms with E-state index >= 15 is 0 Å². The van der Waals surface area contributed by atoms with Crippen LogP contribution < -0.4 is 15.0 Å². The van der Waals surface area contributed by atoms with Gasteiger partial charge in [-0.05, 0) is 43.2 Å². The first-order chi connectivity index (χ1) is 18.6. The predicted molar refractivity (Wildman–Crippen MR) is 141 cm³/mol. The summed E-state index contributed by atoms with van der Waals surface area (Å²) in [5.74, 6) is -1.21. The second kappa shape index (κ2) is 12.9. The number of carbonyl (C=O) groups excluding carboxylic acids is 2. The number of ether oxygens (including phenoxy) is 1. The molecule has 3 heterocycles. The fraction of sp³-hybridized carbons (Fsp3) is 0.520. The number of amides is 2. The first-order valence-electron chi connectivity index (χ1n) is 12.7. The van der Waals surface area contributed by atoms with Crippen molar-refractivity contribution in [3.05, 3.63) is 47.0 Å². The van der Waals surface area contributed by atoms with Gasteiger partial charge in [0.1, 0.15) is 17.4 Å². The molecule has 0 radical (unpaired) electrons. The van der Waals surface area contributed by atoms with Crippen molar-refractivity contribution < 1.29 is 31.7 Å². The Morgan fingerprint density at radius 1 is 1.18 bits per heavy atom. The van der Waals surface area contributed by atoms with E-state index in [2.05, 4.69) is 20.2 Å². The highest BCUT2D eigenvalue weighted by Crippen LogP contribution is 2.25. The van der Waals surface area contributed by atoms with Crippen molar-refractivity contribution in [1.82, 2.24) is 20.2 Å². The molecule has 0 unspecified atom stereocenters. The molecule has 2 amide bonds. The zero-order chi connectivity index (χ0) is 28.0. The first-order valence-corrected chi connectivity index (χ1v) is 14.7. The molecule has 14 heteroatoms. The van der Waals surface area contributed by atoms with Gasteiger partial charge in [0.2, 0.25) is 17.8 Å². The summed E-state index contributed by atoms with van der Waals surface area (Å²) >= 11 is 5.85. The van der Waals surface area contributed by atoms with Crippen LogP contribution in [0.4, 0.5) is 10.3 Å². The van der Waals surface area contributed by atoms with Gasteiger partial charge in [-0.3, -0.25) is 14.1 Å². The highest BCUT2D eigenvalue weighted by atomic mass is 35.5. The molecule has 0 bridgehead atoms.